The SMILES string of the molecule is COc1ccc(C=O)c(N)c1O. The van der Waals surface area contributed by atoms with E-state index in [-0.39, 0.29) is 22.7 Å². The van der Waals surface area contributed by atoms with Gasteiger partial charge in [-0.2, -0.15) is 0 Å². The molecule has 0 spiro atoms. The fraction of sp³-hybridized carbons (Fsp3) is 0.125. The lowest BCUT2D eigenvalue weighted by molar-refractivity contribution is 0.112. The number of nitrogens with two attached hydrogens (primary N) is 1. The van der Waals surface area contributed by atoms with E-state index in [1.807, 2.05) is 0 Å². The molecule has 4 nitrogen and oxygen atoms in total. The van der Waals surface area contributed by atoms with Gasteiger partial charge in [-0.15, -0.1) is 0 Å². The second kappa shape index (κ2) is 3.13. The number of aromatic hydroxyl groups is 1. The Bertz CT molecular complexity index is 309. The largest absolute Gasteiger partial charge is 0.503 e. The first kappa shape index (κ1) is 8.39. The summed E-state index contributed by atoms with van der Waals surface area (Å²) in [6.07, 6.45) is 0.578. The lowest BCUT2D eigenvalue weighted by atomic mass is 10.2. The number of nitrogen functional groups attached to an aromatic ring is 1. The first-order valence-electron chi connectivity index (χ1n) is 3.31. The van der Waals surface area contributed by atoms with Crippen molar-refractivity contribution in [3.63, 3.8) is 0 Å². The highest BCUT2D eigenvalue weighted by Crippen LogP contribution is 2.33. The minimum absolute atomic E-state index is 0.0457. The van der Waals surface area contributed by atoms with E-state index in [0.717, 1.165) is 0 Å². The molecule has 64 valence electrons. The van der Waals surface area contributed by atoms with Crippen LogP contribution in [0.1, 0.15) is 10.4 Å². The number of benzene rings is 1. The number of hydrogen-bond acceptors (Lipinski definition) is 4. The van der Waals surface area contributed by atoms with E-state index < -0.39 is 0 Å². The van der Waals surface area contributed by atoms with Crippen molar-refractivity contribution in [2.75, 3.05) is 12.8 Å². The molecule has 12 heavy (non-hydrogen) atoms. The number of phenols is 1. The molecule has 0 aromatic heterocycles. The van der Waals surface area contributed by atoms with Crippen molar-refractivity contribution >= 4 is 12.0 Å². The molecule has 0 saturated heterocycles. The number of anilines is 1. The monoisotopic (exact) mass is 167 g/mol. The van der Waals surface area contributed by atoms with Crippen molar-refractivity contribution < 1.29 is 14.6 Å². The number of phenolic OH excluding ortho intramolecular Hbond substituents is 1. The zero-order valence-corrected chi connectivity index (χ0v) is 6.57. The fourth-order valence-corrected chi connectivity index (χ4v) is 0.871. The van der Waals surface area contributed by atoms with Gasteiger partial charge in [-0.3, -0.25) is 4.79 Å². The maximum absolute atomic E-state index is 10.3. The number of carbonyl (C=O) groups is 1. The predicted octanol–water partition coefficient (Wildman–Crippen LogP) is 0.795. The zero-order chi connectivity index (χ0) is 9.14. The molecule has 0 amide bonds. The maximum atomic E-state index is 10.3. The molecule has 0 heterocycles. The van der Waals surface area contributed by atoms with Gasteiger partial charge < -0.3 is 15.6 Å². The molecule has 0 aliphatic rings. The number of carbonyl (C=O) groups excluding carboxylic acids is 1. The van der Waals surface area contributed by atoms with E-state index >= 15 is 0 Å². The van der Waals surface area contributed by atoms with E-state index in [4.69, 9.17) is 10.5 Å². The standard InChI is InChI=1S/C8H9NO3/c1-12-6-3-2-5(4-10)7(9)8(6)11/h2-4,11H,9H2,1H3. The highest BCUT2D eigenvalue weighted by Gasteiger charge is 2.08. The summed E-state index contributed by atoms with van der Waals surface area (Å²) < 4.78 is 4.78. The summed E-state index contributed by atoms with van der Waals surface area (Å²) in [4.78, 5) is 10.3. The predicted molar refractivity (Wildman–Crippen MR) is 44.5 cm³/mol. The van der Waals surface area contributed by atoms with Gasteiger partial charge >= 0.3 is 0 Å². The maximum Gasteiger partial charge on any atom is 0.181 e. The first-order valence-corrected chi connectivity index (χ1v) is 3.31. The van der Waals surface area contributed by atoms with Gasteiger partial charge in [-0.1, -0.05) is 0 Å². The van der Waals surface area contributed by atoms with Crippen LogP contribution >= 0.6 is 0 Å². The van der Waals surface area contributed by atoms with Crippen LogP contribution in [0.3, 0.4) is 0 Å². The molecular formula is C8H9NO3. The van der Waals surface area contributed by atoms with Crippen LogP contribution in [0, 0.1) is 0 Å². The number of methoxy groups -OCH3 is 1. The van der Waals surface area contributed by atoms with E-state index in [9.17, 15) is 9.90 Å². The van der Waals surface area contributed by atoms with Gasteiger partial charge in [0.05, 0.1) is 12.8 Å². The van der Waals surface area contributed by atoms with Gasteiger partial charge in [-0.05, 0) is 12.1 Å². The Labute approximate surface area is 69.6 Å². The van der Waals surface area contributed by atoms with E-state index in [2.05, 4.69) is 0 Å². The van der Waals surface area contributed by atoms with Crippen LogP contribution in [0.15, 0.2) is 12.1 Å². The second-order valence-corrected chi connectivity index (χ2v) is 2.24. The van der Waals surface area contributed by atoms with Crippen LogP contribution < -0.4 is 10.5 Å². The highest BCUT2D eigenvalue weighted by atomic mass is 16.5. The molecular weight excluding hydrogens is 158 g/mol. The van der Waals surface area contributed by atoms with E-state index in [0.29, 0.717) is 6.29 Å². The smallest absolute Gasteiger partial charge is 0.181 e. The van der Waals surface area contributed by atoms with Gasteiger partial charge in [0.25, 0.3) is 0 Å². The lowest BCUT2D eigenvalue weighted by Gasteiger charge is -2.06. The van der Waals surface area contributed by atoms with Gasteiger partial charge in [0.2, 0.25) is 0 Å². The molecule has 0 aliphatic carbocycles. The molecule has 0 saturated carbocycles. The zero-order valence-electron chi connectivity index (χ0n) is 6.57. The molecule has 1 aromatic carbocycles. The Morgan fingerprint density at radius 2 is 2.25 bits per heavy atom. The number of rotatable bonds is 2. The Kier molecular flexibility index (Phi) is 2.19. The Morgan fingerprint density at radius 3 is 2.75 bits per heavy atom. The molecule has 3 N–H and O–H groups in total. The number of aldehydes is 1. The summed E-state index contributed by atoms with van der Waals surface area (Å²) in [6.45, 7) is 0. The molecule has 0 aliphatic heterocycles. The fourth-order valence-electron chi connectivity index (χ4n) is 0.871. The van der Waals surface area contributed by atoms with E-state index in [1.54, 1.807) is 0 Å². The van der Waals surface area contributed by atoms with Crippen molar-refractivity contribution in [2.24, 2.45) is 0 Å². The molecule has 1 rings (SSSR count). The summed E-state index contributed by atoms with van der Waals surface area (Å²) in [7, 11) is 1.41. The lowest BCUT2D eigenvalue weighted by Crippen LogP contribution is -1.95. The van der Waals surface area contributed by atoms with Gasteiger partial charge in [-0.25, -0.2) is 0 Å². The van der Waals surface area contributed by atoms with Crippen LogP contribution in [0.5, 0.6) is 11.5 Å². The van der Waals surface area contributed by atoms with Crippen molar-refractivity contribution in [3.8, 4) is 11.5 Å². The second-order valence-electron chi connectivity index (χ2n) is 2.24. The Balaban J connectivity index is 3.29. The Hall–Kier alpha value is -1.71. The van der Waals surface area contributed by atoms with Crippen LogP contribution in [0.4, 0.5) is 5.69 Å². The molecule has 0 fully saturated rings. The quantitative estimate of drug-likeness (QED) is 0.388. The van der Waals surface area contributed by atoms with Gasteiger partial charge in [0.15, 0.2) is 17.8 Å². The average Bonchev–Trinajstić information content (AvgIpc) is 2.10. The van der Waals surface area contributed by atoms with Crippen LogP contribution in [-0.2, 0) is 0 Å². The third-order valence-electron chi connectivity index (χ3n) is 1.56. The molecule has 0 radical (unpaired) electrons. The normalized spacial score (nSPS) is 9.42. The van der Waals surface area contributed by atoms with Crippen molar-refractivity contribution in [1.29, 1.82) is 0 Å². The van der Waals surface area contributed by atoms with Gasteiger partial charge in [0.1, 0.15) is 0 Å². The first-order chi connectivity index (χ1) is 5.70. The number of hydrogen-bond donors (Lipinski definition) is 2. The summed E-state index contributed by atoms with van der Waals surface area (Å²) in [6, 6.07) is 2.97. The molecule has 0 atom stereocenters. The molecule has 0 bridgehead atoms. The minimum atomic E-state index is -0.192. The average molecular weight is 167 g/mol. The molecule has 4 heteroatoms. The Morgan fingerprint density at radius 1 is 1.58 bits per heavy atom. The number of ether oxygens (including phenoxy) is 1. The summed E-state index contributed by atoms with van der Waals surface area (Å²) in [5.41, 5.74) is 5.71. The highest BCUT2D eigenvalue weighted by molar-refractivity contribution is 5.86. The third-order valence-corrected chi connectivity index (χ3v) is 1.56. The van der Waals surface area contributed by atoms with Crippen molar-refractivity contribution in [3.05, 3.63) is 17.7 Å². The van der Waals surface area contributed by atoms with Crippen molar-refractivity contribution in [2.45, 2.75) is 0 Å². The minimum Gasteiger partial charge on any atom is -0.503 e. The molecule has 0 unspecified atom stereocenters. The van der Waals surface area contributed by atoms with Gasteiger partial charge in [0, 0.05) is 5.56 Å². The van der Waals surface area contributed by atoms with Crippen molar-refractivity contribution in [1.82, 2.24) is 0 Å². The van der Waals surface area contributed by atoms with Crippen LogP contribution in [0.25, 0.3) is 0 Å². The third kappa shape index (κ3) is 1.18. The summed E-state index contributed by atoms with van der Waals surface area (Å²) in [5.74, 6) is 0.0696. The molecule has 1 aromatic rings. The summed E-state index contributed by atoms with van der Waals surface area (Å²) in [5, 5.41) is 9.30. The van der Waals surface area contributed by atoms with Crippen LogP contribution in [-0.4, -0.2) is 18.5 Å². The summed E-state index contributed by atoms with van der Waals surface area (Å²) >= 11 is 0. The van der Waals surface area contributed by atoms with Crippen LogP contribution in [0.2, 0.25) is 0 Å². The van der Waals surface area contributed by atoms with E-state index in [1.165, 1.54) is 19.2 Å². The topological polar surface area (TPSA) is 72.5 Å².